The van der Waals surface area contributed by atoms with Crippen LogP contribution in [0.25, 0.3) is 0 Å². The molecule has 3 N–H and O–H groups in total. The molecule has 21 heavy (non-hydrogen) atoms. The zero-order valence-corrected chi connectivity index (χ0v) is 11.8. The zero-order valence-electron chi connectivity index (χ0n) is 11.8. The Morgan fingerprint density at radius 1 is 1.29 bits per heavy atom. The second-order valence-electron chi connectivity index (χ2n) is 4.12. The molecule has 0 spiro atoms. The Morgan fingerprint density at radius 3 is 2.81 bits per heavy atom. The molecule has 0 radical (unpaired) electrons. The SMILES string of the molecule is CCCOc1nc(N)nc(Nc2cc(OC)ccc2F)n1. The lowest BCUT2D eigenvalue weighted by Gasteiger charge is -2.09. The number of benzene rings is 1. The third-order valence-corrected chi connectivity index (χ3v) is 2.49. The van der Waals surface area contributed by atoms with Crippen LogP contribution in [0.15, 0.2) is 18.2 Å². The molecule has 0 amide bonds. The van der Waals surface area contributed by atoms with Crippen LogP contribution in [0.2, 0.25) is 0 Å². The second-order valence-corrected chi connectivity index (χ2v) is 4.12. The maximum atomic E-state index is 13.7. The van der Waals surface area contributed by atoms with Gasteiger partial charge in [-0.2, -0.15) is 15.0 Å². The van der Waals surface area contributed by atoms with Crippen LogP contribution >= 0.6 is 0 Å². The number of anilines is 3. The molecule has 0 saturated carbocycles. The highest BCUT2D eigenvalue weighted by Gasteiger charge is 2.09. The van der Waals surface area contributed by atoms with Crippen molar-refractivity contribution < 1.29 is 13.9 Å². The van der Waals surface area contributed by atoms with Crippen molar-refractivity contribution in [1.29, 1.82) is 0 Å². The van der Waals surface area contributed by atoms with Crippen molar-refractivity contribution in [3.05, 3.63) is 24.0 Å². The number of rotatable bonds is 6. The number of hydrogen-bond acceptors (Lipinski definition) is 7. The first-order chi connectivity index (χ1) is 10.1. The van der Waals surface area contributed by atoms with Gasteiger partial charge in [-0.1, -0.05) is 6.92 Å². The molecule has 0 atom stereocenters. The third kappa shape index (κ3) is 3.91. The van der Waals surface area contributed by atoms with Gasteiger partial charge in [0.25, 0.3) is 0 Å². The average Bonchev–Trinajstić information content (AvgIpc) is 2.47. The minimum Gasteiger partial charge on any atom is -0.497 e. The first-order valence-corrected chi connectivity index (χ1v) is 6.37. The number of hydrogen-bond donors (Lipinski definition) is 2. The van der Waals surface area contributed by atoms with E-state index in [9.17, 15) is 4.39 Å². The molecule has 7 nitrogen and oxygen atoms in total. The summed E-state index contributed by atoms with van der Waals surface area (Å²) in [5, 5.41) is 2.73. The summed E-state index contributed by atoms with van der Waals surface area (Å²) in [4.78, 5) is 11.8. The molecule has 0 bridgehead atoms. The predicted molar refractivity (Wildman–Crippen MR) is 76.3 cm³/mol. The number of nitrogens with one attached hydrogen (secondary N) is 1. The van der Waals surface area contributed by atoms with Crippen LogP contribution in [0, 0.1) is 5.82 Å². The Labute approximate surface area is 121 Å². The summed E-state index contributed by atoms with van der Waals surface area (Å²) in [7, 11) is 1.49. The van der Waals surface area contributed by atoms with E-state index >= 15 is 0 Å². The monoisotopic (exact) mass is 293 g/mol. The molecule has 0 fully saturated rings. The van der Waals surface area contributed by atoms with Crippen molar-refractivity contribution in [2.75, 3.05) is 24.8 Å². The van der Waals surface area contributed by atoms with Crippen LogP contribution < -0.4 is 20.5 Å². The molecular formula is C13H16FN5O2. The summed E-state index contributed by atoms with van der Waals surface area (Å²) in [5.74, 6) is 0.122. The summed E-state index contributed by atoms with van der Waals surface area (Å²) in [6.45, 7) is 2.41. The van der Waals surface area contributed by atoms with Gasteiger partial charge < -0.3 is 20.5 Å². The Morgan fingerprint density at radius 2 is 2.10 bits per heavy atom. The fraction of sp³-hybridized carbons (Fsp3) is 0.308. The summed E-state index contributed by atoms with van der Waals surface area (Å²) < 4.78 is 24.1. The number of nitrogens with two attached hydrogens (primary N) is 1. The number of halogens is 1. The van der Waals surface area contributed by atoms with Gasteiger partial charge in [-0.25, -0.2) is 4.39 Å². The zero-order chi connectivity index (χ0) is 15.2. The smallest absolute Gasteiger partial charge is 0.323 e. The number of methoxy groups -OCH3 is 1. The number of nitrogen functional groups attached to an aromatic ring is 1. The quantitative estimate of drug-likeness (QED) is 0.842. The molecule has 0 aliphatic rings. The highest BCUT2D eigenvalue weighted by Crippen LogP contribution is 2.24. The molecule has 1 aromatic carbocycles. The first-order valence-electron chi connectivity index (χ1n) is 6.37. The summed E-state index contributed by atoms with van der Waals surface area (Å²) in [6.07, 6.45) is 0.804. The van der Waals surface area contributed by atoms with Crippen molar-refractivity contribution in [3.8, 4) is 11.8 Å². The van der Waals surface area contributed by atoms with Gasteiger partial charge in [0, 0.05) is 6.07 Å². The van der Waals surface area contributed by atoms with Crippen molar-refractivity contribution in [1.82, 2.24) is 15.0 Å². The van der Waals surface area contributed by atoms with E-state index < -0.39 is 5.82 Å². The fourth-order valence-corrected chi connectivity index (χ4v) is 1.53. The van der Waals surface area contributed by atoms with Gasteiger partial charge in [-0.05, 0) is 18.6 Å². The molecule has 0 unspecified atom stereocenters. The number of ether oxygens (including phenoxy) is 2. The minimum absolute atomic E-state index is 0.0121. The van der Waals surface area contributed by atoms with Gasteiger partial charge in [0.15, 0.2) is 0 Å². The maximum Gasteiger partial charge on any atom is 0.323 e. The Bertz CT molecular complexity index is 624. The van der Waals surface area contributed by atoms with Crippen molar-refractivity contribution in [3.63, 3.8) is 0 Å². The predicted octanol–water partition coefficient (Wildman–Crippen LogP) is 2.13. The van der Waals surface area contributed by atoms with Crippen LogP contribution in [0.3, 0.4) is 0 Å². The molecule has 2 rings (SSSR count). The third-order valence-electron chi connectivity index (χ3n) is 2.49. The Balaban J connectivity index is 2.24. The van der Waals surface area contributed by atoms with Gasteiger partial charge in [0.1, 0.15) is 11.6 Å². The molecule has 1 heterocycles. The van der Waals surface area contributed by atoms with E-state index in [4.69, 9.17) is 15.2 Å². The van der Waals surface area contributed by atoms with Crippen molar-refractivity contribution in [2.24, 2.45) is 0 Å². The second kappa shape index (κ2) is 6.69. The van der Waals surface area contributed by atoms with E-state index in [-0.39, 0.29) is 23.6 Å². The normalized spacial score (nSPS) is 10.2. The highest BCUT2D eigenvalue weighted by molar-refractivity contribution is 5.57. The van der Waals surface area contributed by atoms with Gasteiger partial charge in [-0.3, -0.25) is 0 Å². The van der Waals surface area contributed by atoms with Gasteiger partial charge in [0.2, 0.25) is 11.9 Å². The largest absolute Gasteiger partial charge is 0.497 e. The molecule has 0 aliphatic carbocycles. The van der Waals surface area contributed by atoms with E-state index in [0.717, 1.165) is 6.42 Å². The van der Waals surface area contributed by atoms with Gasteiger partial charge in [-0.15, -0.1) is 0 Å². The lowest BCUT2D eigenvalue weighted by Crippen LogP contribution is -2.08. The molecule has 2 aromatic rings. The van der Waals surface area contributed by atoms with Crippen LogP contribution in [0.5, 0.6) is 11.8 Å². The van der Waals surface area contributed by atoms with E-state index in [0.29, 0.717) is 12.4 Å². The van der Waals surface area contributed by atoms with Crippen LogP contribution in [-0.2, 0) is 0 Å². The van der Waals surface area contributed by atoms with E-state index in [1.807, 2.05) is 6.92 Å². The summed E-state index contributed by atoms with van der Waals surface area (Å²) in [6, 6.07) is 4.37. The molecule has 112 valence electrons. The molecule has 0 aliphatic heterocycles. The van der Waals surface area contributed by atoms with Crippen LogP contribution in [-0.4, -0.2) is 28.7 Å². The van der Waals surface area contributed by atoms with Crippen molar-refractivity contribution >= 4 is 17.6 Å². The minimum atomic E-state index is -0.467. The average molecular weight is 293 g/mol. The number of nitrogens with zero attached hydrogens (tertiary/aromatic N) is 3. The number of aromatic nitrogens is 3. The summed E-state index contributed by atoms with van der Waals surface area (Å²) in [5.41, 5.74) is 5.75. The highest BCUT2D eigenvalue weighted by atomic mass is 19.1. The standard InChI is InChI=1S/C13H16FN5O2/c1-3-6-21-13-18-11(15)17-12(19-13)16-10-7-8(20-2)4-5-9(10)14/h4-5,7H,3,6H2,1-2H3,(H3,15,16,17,18,19). The van der Waals surface area contributed by atoms with Crippen molar-refractivity contribution in [2.45, 2.75) is 13.3 Å². The van der Waals surface area contributed by atoms with E-state index in [2.05, 4.69) is 20.3 Å². The lowest BCUT2D eigenvalue weighted by molar-refractivity contribution is 0.292. The van der Waals surface area contributed by atoms with Crippen LogP contribution in [0.1, 0.15) is 13.3 Å². The van der Waals surface area contributed by atoms with E-state index in [1.165, 1.54) is 25.3 Å². The van der Waals surface area contributed by atoms with Gasteiger partial charge in [0.05, 0.1) is 19.4 Å². The maximum absolute atomic E-state index is 13.7. The molecule has 8 heteroatoms. The Hall–Kier alpha value is -2.64. The molecule has 0 saturated heterocycles. The van der Waals surface area contributed by atoms with Crippen LogP contribution in [0.4, 0.5) is 22.0 Å². The topological polar surface area (TPSA) is 95.2 Å². The fourth-order valence-electron chi connectivity index (χ4n) is 1.53. The lowest BCUT2D eigenvalue weighted by atomic mass is 10.3. The first kappa shape index (κ1) is 14.8. The molecular weight excluding hydrogens is 277 g/mol. The molecule has 1 aromatic heterocycles. The van der Waals surface area contributed by atoms with E-state index in [1.54, 1.807) is 0 Å². The Kier molecular flexibility index (Phi) is 4.70. The summed E-state index contributed by atoms with van der Waals surface area (Å²) >= 11 is 0. The van der Waals surface area contributed by atoms with Gasteiger partial charge >= 0.3 is 6.01 Å².